The molecule has 0 aromatic carbocycles. The summed E-state index contributed by atoms with van der Waals surface area (Å²) in [5.74, 6) is 1.28. The van der Waals surface area contributed by atoms with Gasteiger partial charge in [0.2, 0.25) is 5.92 Å². The molecule has 0 N–H and O–H groups in total. The normalized spacial score (nSPS) is 11.7. The minimum absolute atomic E-state index is 0.0467. The summed E-state index contributed by atoms with van der Waals surface area (Å²) >= 11 is 0. The van der Waals surface area contributed by atoms with Crippen molar-refractivity contribution < 1.29 is 18.0 Å². The zero-order valence-electron chi connectivity index (χ0n) is 31.5. The molecule has 0 radical (unpaired) electrons. The lowest BCUT2D eigenvalue weighted by Crippen LogP contribution is -2.11. The van der Waals surface area contributed by atoms with E-state index in [1.807, 2.05) is 6.07 Å². The Morgan fingerprint density at radius 1 is 0.721 bits per heavy atom. The molecule has 0 bridgehead atoms. The Morgan fingerprint density at radius 2 is 1.33 bits per heavy atom. The predicted octanol–water partition coefficient (Wildman–Crippen LogP) is 13.7. The van der Waals surface area contributed by atoms with Crippen molar-refractivity contribution in [1.29, 1.82) is 0 Å². The van der Waals surface area contributed by atoms with Crippen LogP contribution in [0.15, 0.2) is 10.6 Å². The first kappa shape index (κ1) is 46.4. The predicted molar refractivity (Wildman–Crippen MR) is 186 cm³/mol. The fourth-order valence-electron chi connectivity index (χ4n) is 4.18. The summed E-state index contributed by atoms with van der Waals surface area (Å²) in [5.41, 5.74) is 1.65. The Bertz CT molecular complexity index is 690. The Morgan fingerprint density at radius 3 is 1.74 bits per heavy atom. The highest BCUT2D eigenvalue weighted by Gasteiger charge is 2.19. The summed E-state index contributed by atoms with van der Waals surface area (Å²) in [7, 11) is 0. The van der Waals surface area contributed by atoms with Gasteiger partial charge in [-0.3, -0.25) is 0 Å². The lowest BCUT2D eigenvalue weighted by molar-refractivity contribution is 0.0103. The standard InChI is InChI=1S/C11H24.C10H20F2.C9H15NO.C8H18O/c1-6-8-11(4,5)9-7-10(2)3;1-9(2)7-5-4-6-8-10(3,11)12;1-4-5-8-6-9(7(2)3)10-11-8;1-4-5-6-9-7-8(2)3/h10H,6-9H2,1-5H3;9H,4-8H2,1-3H3;6-7H,4-5H2,1-3H3;8H,4-7H2,1-3H3. The van der Waals surface area contributed by atoms with Crippen molar-refractivity contribution in [3.63, 3.8) is 0 Å². The Kier molecular flexibility index (Phi) is 30.8. The molecule has 1 rings (SSSR count). The average Bonchev–Trinajstić information content (AvgIpc) is 3.35. The molecule has 5 heteroatoms. The van der Waals surface area contributed by atoms with E-state index in [9.17, 15) is 8.78 Å². The third-order valence-electron chi connectivity index (χ3n) is 6.98. The van der Waals surface area contributed by atoms with Gasteiger partial charge in [-0.05, 0) is 68.1 Å². The number of halogens is 2. The molecule has 0 aliphatic rings. The van der Waals surface area contributed by atoms with Crippen molar-refractivity contribution in [3.8, 4) is 0 Å². The zero-order chi connectivity index (χ0) is 33.9. The summed E-state index contributed by atoms with van der Waals surface area (Å²) in [4.78, 5) is 0. The SMILES string of the molecule is CC(C)CCCCCC(C)(F)F.CCCC(C)(C)CCC(C)C.CCCCOCC(C)C.CCCc1cc(C(C)C)no1. The van der Waals surface area contributed by atoms with Gasteiger partial charge in [0.25, 0.3) is 0 Å². The third-order valence-corrected chi connectivity index (χ3v) is 6.98. The molecule has 0 unspecified atom stereocenters. The second kappa shape index (κ2) is 28.5. The first-order valence-electron chi connectivity index (χ1n) is 17.8. The quantitative estimate of drug-likeness (QED) is 0.145. The summed E-state index contributed by atoms with van der Waals surface area (Å²) in [6.07, 6.45) is 13.9. The second-order valence-electron chi connectivity index (χ2n) is 14.9. The number of alkyl halides is 2. The molecular formula is C38H77F2NO2. The van der Waals surface area contributed by atoms with E-state index in [1.54, 1.807) is 0 Å². The van der Waals surface area contributed by atoms with Crippen LogP contribution in [0.4, 0.5) is 8.78 Å². The summed E-state index contributed by atoms with van der Waals surface area (Å²) in [5, 5.41) is 3.96. The van der Waals surface area contributed by atoms with Crippen molar-refractivity contribution in [2.45, 2.75) is 192 Å². The molecule has 0 amide bonds. The number of hydrogen-bond donors (Lipinski definition) is 0. The van der Waals surface area contributed by atoms with Crippen molar-refractivity contribution >= 4 is 0 Å². The van der Waals surface area contributed by atoms with Crippen LogP contribution in [0.1, 0.15) is 191 Å². The van der Waals surface area contributed by atoms with Crippen LogP contribution >= 0.6 is 0 Å². The lowest BCUT2D eigenvalue weighted by atomic mass is 9.82. The van der Waals surface area contributed by atoms with Crippen molar-refractivity contribution in [3.05, 3.63) is 17.5 Å². The van der Waals surface area contributed by atoms with E-state index < -0.39 is 5.92 Å². The van der Waals surface area contributed by atoms with Crippen LogP contribution in [0.2, 0.25) is 0 Å². The van der Waals surface area contributed by atoms with Crippen LogP contribution in [0.3, 0.4) is 0 Å². The minimum atomic E-state index is -2.46. The number of aryl methyl sites for hydroxylation is 1. The summed E-state index contributed by atoms with van der Waals surface area (Å²) in [6, 6.07) is 2.05. The monoisotopic (exact) mass is 618 g/mol. The second-order valence-corrected chi connectivity index (χ2v) is 14.9. The molecule has 0 fully saturated rings. The molecule has 260 valence electrons. The molecular weight excluding hydrogens is 540 g/mol. The van der Waals surface area contributed by atoms with Crippen molar-refractivity contribution in [2.75, 3.05) is 13.2 Å². The topological polar surface area (TPSA) is 35.3 Å². The fourth-order valence-corrected chi connectivity index (χ4v) is 4.18. The van der Waals surface area contributed by atoms with Gasteiger partial charge in [-0.25, -0.2) is 8.78 Å². The maximum Gasteiger partial charge on any atom is 0.245 e. The molecule has 1 heterocycles. The fraction of sp³-hybridized carbons (Fsp3) is 0.921. The maximum atomic E-state index is 12.3. The molecule has 0 aliphatic carbocycles. The van der Waals surface area contributed by atoms with Crippen LogP contribution in [0.25, 0.3) is 0 Å². The highest BCUT2D eigenvalue weighted by molar-refractivity contribution is 5.08. The van der Waals surface area contributed by atoms with E-state index in [2.05, 4.69) is 95.2 Å². The minimum Gasteiger partial charge on any atom is -0.381 e. The van der Waals surface area contributed by atoms with Gasteiger partial charge >= 0.3 is 0 Å². The third kappa shape index (κ3) is 39.0. The molecule has 1 aromatic rings. The first-order chi connectivity index (χ1) is 19.9. The van der Waals surface area contributed by atoms with E-state index in [1.165, 1.54) is 38.5 Å². The molecule has 3 nitrogen and oxygen atoms in total. The summed E-state index contributed by atoms with van der Waals surface area (Å²) < 4.78 is 35.1. The number of hydrogen-bond acceptors (Lipinski definition) is 3. The molecule has 1 aromatic heterocycles. The van der Waals surface area contributed by atoms with E-state index in [0.29, 0.717) is 29.6 Å². The molecule has 0 saturated carbocycles. The van der Waals surface area contributed by atoms with Gasteiger partial charge < -0.3 is 9.26 Å². The zero-order valence-corrected chi connectivity index (χ0v) is 31.5. The number of unbranched alkanes of at least 4 members (excludes halogenated alkanes) is 3. The molecule has 0 aliphatic heterocycles. The van der Waals surface area contributed by atoms with E-state index in [-0.39, 0.29) is 6.42 Å². The van der Waals surface area contributed by atoms with Crippen LogP contribution in [-0.4, -0.2) is 24.3 Å². The number of rotatable bonds is 19. The van der Waals surface area contributed by atoms with Crippen LogP contribution < -0.4 is 0 Å². The largest absolute Gasteiger partial charge is 0.381 e. The van der Waals surface area contributed by atoms with Gasteiger partial charge in [0.1, 0.15) is 5.76 Å². The number of nitrogens with zero attached hydrogens (tertiary/aromatic N) is 1. The molecule has 43 heavy (non-hydrogen) atoms. The van der Waals surface area contributed by atoms with Gasteiger partial charge in [-0.2, -0.15) is 0 Å². The van der Waals surface area contributed by atoms with E-state index >= 15 is 0 Å². The van der Waals surface area contributed by atoms with E-state index in [4.69, 9.17) is 9.26 Å². The molecule has 0 spiro atoms. The Hall–Kier alpha value is -0.970. The number of ether oxygens (including phenoxy) is 1. The van der Waals surface area contributed by atoms with Crippen LogP contribution in [0.5, 0.6) is 0 Å². The van der Waals surface area contributed by atoms with Crippen LogP contribution in [0, 0.1) is 23.2 Å². The average molecular weight is 618 g/mol. The smallest absolute Gasteiger partial charge is 0.245 e. The lowest BCUT2D eigenvalue weighted by Gasteiger charge is -2.24. The Labute approximate surface area is 269 Å². The number of aromatic nitrogens is 1. The highest BCUT2D eigenvalue weighted by atomic mass is 19.3. The Balaban J connectivity index is -0.000000499. The molecule has 0 atom stereocenters. The molecule has 0 saturated heterocycles. The summed E-state index contributed by atoms with van der Waals surface area (Å²) in [6.45, 7) is 31.7. The van der Waals surface area contributed by atoms with Gasteiger partial charge in [-0.1, -0.05) is 134 Å². The van der Waals surface area contributed by atoms with Gasteiger partial charge in [-0.15, -0.1) is 0 Å². The van der Waals surface area contributed by atoms with Crippen molar-refractivity contribution in [1.82, 2.24) is 5.16 Å². The van der Waals surface area contributed by atoms with Crippen molar-refractivity contribution in [2.24, 2.45) is 23.2 Å². The maximum absolute atomic E-state index is 12.3. The van der Waals surface area contributed by atoms with Crippen LogP contribution in [-0.2, 0) is 11.2 Å². The van der Waals surface area contributed by atoms with E-state index in [0.717, 1.165) is 69.6 Å². The van der Waals surface area contributed by atoms with Gasteiger partial charge in [0, 0.05) is 32.1 Å². The van der Waals surface area contributed by atoms with Gasteiger partial charge in [0.15, 0.2) is 0 Å². The van der Waals surface area contributed by atoms with Gasteiger partial charge in [0.05, 0.1) is 5.69 Å². The highest BCUT2D eigenvalue weighted by Crippen LogP contribution is 2.29. The first-order valence-corrected chi connectivity index (χ1v) is 17.8.